The van der Waals surface area contributed by atoms with Crippen molar-refractivity contribution in [2.45, 2.75) is 6.42 Å². The van der Waals surface area contributed by atoms with E-state index in [1.165, 1.54) is 16.7 Å². The van der Waals surface area contributed by atoms with Gasteiger partial charge in [-0.25, -0.2) is 4.98 Å². The SMILES string of the molecule is O=C(CN1C(=O)C(=Cc2cccc(Cl)c2)SC1=S)NCCc1cnc[nH]1. The van der Waals surface area contributed by atoms with Crippen molar-refractivity contribution in [1.82, 2.24) is 20.2 Å². The Kier molecular flexibility index (Phi) is 6.08. The highest BCUT2D eigenvalue weighted by atomic mass is 35.5. The number of thiocarbonyl (C=S) groups is 1. The average Bonchev–Trinajstić information content (AvgIpc) is 3.19. The van der Waals surface area contributed by atoms with E-state index in [1.54, 1.807) is 30.7 Å². The molecule has 6 nitrogen and oxygen atoms in total. The van der Waals surface area contributed by atoms with E-state index in [4.69, 9.17) is 23.8 Å². The Morgan fingerprint density at radius 2 is 2.31 bits per heavy atom. The lowest BCUT2D eigenvalue weighted by Crippen LogP contribution is -2.40. The molecule has 9 heteroatoms. The predicted octanol–water partition coefficient (Wildman–Crippen LogP) is 2.62. The highest BCUT2D eigenvalue weighted by molar-refractivity contribution is 8.26. The molecule has 1 fully saturated rings. The lowest BCUT2D eigenvalue weighted by Gasteiger charge is -2.14. The van der Waals surface area contributed by atoms with Gasteiger partial charge in [0, 0.05) is 29.9 Å². The summed E-state index contributed by atoms with van der Waals surface area (Å²) in [5.74, 6) is -0.534. The standard InChI is InChI=1S/C17H15ClN4O2S2/c18-12-3-1-2-11(6-12)7-14-16(24)22(17(25)26-14)9-15(23)20-5-4-13-8-19-10-21-13/h1-3,6-8,10H,4-5,9H2,(H,19,21)(H,20,23). The van der Waals surface area contributed by atoms with Crippen LogP contribution in [0.5, 0.6) is 0 Å². The molecule has 2 aromatic rings. The minimum absolute atomic E-state index is 0.0967. The fraction of sp³-hybridized carbons (Fsp3) is 0.176. The number of aromatic amines is 1. The normalized spacial score (nSPS) is 15.7. The number of amides is 2. The summed E-state index contributed by atoms with van der Waals surface area (Å²) in [7, 11) is 0. The van der Waals surface area contributed by atoms with Gasteiger partial charge in [0.05, 0.1) is 11.2 Å². The molecule has 0 spiro atoms. The lowest BCUT2D eigenvalue weighted by atomic mass is 10.2. The zero-order valence-electron chi connectivity index (χ0n) is 13.6. The van der Waals surface area contributed by atoms with Crippen LogP contribution >= 0.6 is 35.6 Å². The molecule has 26 heavy (non-hydrogen) atoms. The van der Waals surface area contributed by atoms with Crippen LogP contribution in [0.4, 0.5) is 0 Å². The van der Waals surface area contributed by atoms with Crippen LogP contribution in [0.15, 0.2) is 41.7 Å². The molecule has 1 saturated heterocycles. The summed E-state index contributed by atoms with van der Waals surface area (Å²) < 4.78 is 0.368. The zero-order valence-corrected chi connectivity index (χ0v) is 16.0. The Balaban J connectivity index is 1.57. The van der Waals surface area contributed by atoms with Crippen molar-refractivity contribution in [3.8, 4) is 0 Å². The second-order valence-electron chi connectivity index (χ2n) is 5.50. The number of benzene rings is 1. The second kappa shape index (κ2) is 8.48. The van der Waals surface area contributed by atoms with E-state index < -0.39 is 0 Å². The molecule has 1 aromatic heterocycles. The number of hydrogen-bond donors (Lipinski definition) is 2. The van der Waals surface area contributed by atoms with Crippen molar-refractivity contribution in [1.29, 1.82) is 0 Å². The van der Waals surface area contributed by atoms with E-state index in [1.807, 2.05) is 12.1 Å². The molecule has 1 aliphatic heterocycles. The van der Waals surface area contributed by atoms with E-state index in [0.29, 0.717) is 27.2 Å². The molecule has 3 rings (SSSR count). The number of halogens is 1. The largest absolute Gasteiger partial charge is 0.354 e. The summed E-state index contributed by atoms with van der Waals surface area (Å²) in [5, 5.41) is 3.36. The van der Waals surface area contributed by atoms with Crippen LogP contribution in [0.1, 0.15) is 11.3 Å². The maximum Gasteiger partial charge on any atom is 0.266 e. The second-order valence-corrected chi connectivity index (χ2v) is 7.61. The third kappa shape index (κ3) is 4.72. The number of imidazole rings is 1. The molecule has 0 bridgehead atoms. The fourth-order valence-corrected chi connectivity index (χ4v) is 3.80. The highest BCUT2D eigenvalue weighted by Gasteiger charge is 2.33. The fourth-order valence-electron chi connectivity index (χ4n) is 2.34. The van der Waals surface area contributed by atoms with Crippen LogP contribution < -0.4 is 5.32 Å². The van der Waals surface area contributed by atoms with Gasteiger partial charge in [0.2, 0.25) is 5.91 Å². The lowest BCUT2D eigenvalue weighted by molar-refractivity contribution is -0.128. The Labute approximate surface area is 165 Å². The van der Waals surface area contributed by atoms with Gasteiger partial charge in [0.1, 0.15) is 10.9 Å². The van der Waals surface area contributed by atoms with Gasteiger partial charge in [-0.15, -0.1) is 0 Å². The number of nitrogens with zero attached hydrogens (tertiary/aromatic N) is 2. The van der Waals surface area contributed by atoms with E-state index in [9.17, 15) is 9.59 Å². The van der Waals surface area contributed by atoms with Crippen molar-refractivity contribution < 1.29 is 9.59 Å². The van der Waals surface area contributed by atoms with Crippen LogP contribution in [0.3, 0.4) is 0 Å². The van der Waals surface area contributed by atoms with E-state index in [-0.39, 0.29) is 18.4 Å². The number of nitrogens with one attached hydrogen (secondary N) is 2. The van der Waals surface area contributed by atoms with Crippen LogP contribution in [-0.2, 0) is 16.0 Å². The first-order chi connectivity index (χ1) is 12.5. The molecule has 2 N–H and O–H groups in total. The smallest absolute Gasteiger partial charge is 0.266 e. The van der Waals surface area contributed by atoms with Gasteiger partial charge in [-0.1, -0.05) is 47.7 Å². The minimum Gasteiger partial charge on any atom is -0.354 e. The summed E-state index contributed by atoms with van der Waals surface area (Å²) in [5.41, 5.74) is 1.74. The molecule has 0 radical (unpaired) electrons. The first-order valence-corrected chi connectivity index (χ1v) is 9.38. The maximum atomic E-state index is 12.5. The van der Waals surface area contributed by atoms with Crippen molar-refractivity contribution in [2.75, 3.05) is 13.1 Å². The number of aromatic nitrogens is 2. The summed E-state index contributed by atoms with van der Waals surface area (Å²) in [6.45, 7) is 0.356. The summed E-state index contributed by atoms with van der Waals surface area (Å²) in [6.07, 6.45) is 5.65. The Morgan fingerprint density at radius 3 is 3.04 bits per heavy atom. The highest BCUT2D eigenvalue weighted by Crippen LogP contribution is 2.32. The number of H-pyrrole nitrogens is 1. The Morgan fingerprint density at radius 1 is 1.46 bits per heavy atom. The molecule has 2 heterocycles. The number of rotatable bonds is 6. The number of hydrogen-bond acceptors (Lipinski definition) is 5. The van der Waals surface area contributed by atoms with Crippen LogP contribution in [0.25, 0.3) is 6.08 Å². The Hall–Kier alpha value is -2.16. The van der Waals surface area contributed by atoms with Crippen molar-refractivity contribution in [3.63, 3.8) is 0 Å². The van der Waals surface area contributed by atoms with Crippen LogP contribution in [0.2, 0.25) is 5.02 Å². The monoisotopic (exact) mass is 406 g/mol. The van der Waals surface area contributed by atoms with Crippen LogP contribution in [0, 0.1) is 0 Å². The average molecular weight is 407 g/mol. The van der Waals surface area contributed by atoms with Gasteiger partial charge < -0.3 is 10.3 Å². The maximum absolute atomic E-state index is 12.5. The molecule has 0 saturated carbocycles. The van der Waals surface area contributed by atoms with Gasteiger partial charge in [-0.2, -0.15) is 0 Å². The molecule has 2 amide bonds. The van der Waals surface area contributed by atoms with Gasteiger partial charge in [-0.05, 0) is 23.8 Å². The number of thioether (sulfide) groups is 1. The molecular formula is C17H15ClN4O2S2. The molecular weight excluding hydrogens is 392 g/mol. The third-order valence-corrected chi connectivity index (χ3v) is 5.21. The molecule has 0 unspecified atom stereocenters. The van der Waals surface area contributed by atoms with Crippen molar-refractivity contribution in [2.24, 2.45) is 0 Å². The Bertz CT molecular complexity index is 867. The molecule has 1 aliphatic rings. The molecule has 134 valence electrons. The molecule has 0 atom stereocenters. The summed E-state index contributed by atoms with van der Waals surface area (Å²) in [6, 6.07) is 7.18. The van der Waals surface area contributed by atoms with Gasteiger partial charge in [0.15, 0.2) is 0 Å². The summed E-state index contributed by atoms with van der Waals surface area (Å²) >= 11 is 12.4. The van der Waals surface area contributed by atoms with E-state index in [0.717, 1.165) is 11.3 Å². The summed E-state index contributed by atoms with van der Waals surface area (Å²) in [4.78, 5) is 33.3. The molecule has 1 aromatic carbocycles. The topological polar surface area (TPSA) is 78.1 Å². The first-order valence-electron chi connectivity index (χ1n) is 7.78. The van der Waals surface area contributed by atoms with Gasteiger partial charge in [0.25, 0.3) is 5.91 Å². The van der Waals surface area contributed by atoms with Crippen LogP contribution in [-0.4, -0.2) is 44.1 Å². The molecule has 0 aliphatic carbocycles. The zero-order chi connectivity index (χ0) is 18.5. The van der Waals surface area contributed by atoms with Gasteiger partial charge in [-0.3, -0.25) is 14.5 Å². The predicted molar refractivity (Wildman–Crippen MR) is 107 cm³/mol. The minimum atomic E-state index is -0.274. The quantitative estimate of drug-likeness (QED) is 0.569. The number of carbonyl (C=O) groups is 2. The van der Waals surface area contributed by atoms with E-state index >= 15 is 0 Å². The first kappa shape index (κ1) is 18.6. The third-order valence-electron chi connectivity index (χ3n) is 3.59. The van der Waals surface area contributed by atoms with Crippen molar-refractivity contribution >= 4 is 57.8 Å². The van der Waals surface area contributed by atoms with Gasteiger partial charge >= 0.3 is 0 Å². The number of carbonyl (C=O) groups excluding carboxylic acids is 2. The van der Waals surface area contributed by atoms with Crippen molar-refractivity contribution in [3.05, 3.63) is 58.0 Å². The van der Waals surface area contributed by atoms with E-state index in [2.05, 4.69) is 15.3 Å².